The topological polar surface area (TPSA) is 99.1 Å². The highest BCUT2D eigenvalue weighted by Crippen LogP contribution is 2.31. The molecule has 35 heavy (non-hydrogen) atoms. The third-order valence-corrected chi connectivity index (χ3v) is 6.33. The maximum Gasteiger partial charge on any atom is 0.323 e. The molecule has 3 N–H and O–H groups in total. The molecule has 0 saturated heterocycles. The number of carboxylic acids is 1. The summed E-state index contributed by atoms with van der Waals surface area (Å²) in [4.78, 5) is 26.0. The Morgan fingerprint density at radius 3 is 2.57 bits per heavy atom. The van der Waals surface area contributed by atoms with Crippen molar-refractivity contribution in [2.75, 3.05) is 11.9 Å². The standard InChI is InChI=1S/C26H32ClFN2O5/c1-16(2)35-24-6-4-3-5-22(24)29-21-11-8-18(9-12-23(21)31)26(34)30(15-25(32)33)14-17-7-10-20(28)19(27)13-17/h3-7,10,13,16,18,21,23,29,31H,8-9,11-12,14-15H2,1-2H3,(H,32,33)/t18-,21+,23+/m1/s1. The molecule has 7 nitrogen and oxygen atoms in total. The number of nitrogens with one attached hydrogen (secondary N) is 1. The molecule has 0 radical (unpaired) electrons. The first-order valence-corrected chi connectivity index (χ1v) is 12.2. The number of hydrogen-bond acceptors (Lipinski definition) is 5. The minimum atomic E-state index is -1.14. The third kappa shape index (κ3) is 7.57. The van der Waals surface area contributed by atoms with E-state index in [0.29, 0.717) is 37.0 Å². The van der Waals surface area contributed by atoms with E-state index in [2.05, 4.69) is 5.32 Å². The summed E-state index contributed by atoms with van der Waals surface area (Å²) in [6.07, 6.45) is 1.16. The molecule has 0 heterocycles. The zero-order chi connectivity index (χ0) is 25.5. The monoisotopic (exact) mass is 506 g/mol. The van der Waals surface area contributed by atoms with Crippen molar-refractivity contribution in [3.63, 3.8) is 0 Å². The average molecular weight is 507 g/mol. The zero-order valence-corrected chi connectivity index (χ0v) is 20.7. The van der Waals surface area contributed by atoms with Gasteiger partial charge in [-0.2, -0.15) is 0 Å². The van der Waals surface area contributed by atoms with Gasteiger partial charge in [0.15, 0.2) is 0 Å². The zero-order valence-electron chi connectivity index (χ0n) is 19.9. The molecule has 0 bridgehead atoms. The molecule has 1 fully saturated rings. The van der Waals surface area contributed by atoms with Crippen molar-refractivity contribution in [1.82, 2.24) is 4.90 Å². The van der Waals surface area contributed by atoms with E-state index in [1.165, 1.54) is 23.1 Å². The van der Waals surface area contributed by atoms with Crippen LogP contribution in [-0.4, -0.2) is 51.8 Å². The van der Waals surface area contributed by atoms with E-state index in [-0.39, 0.29) is 29.6 Å². The number of halogens is 2. The van der Waals surface area contributed by atoms with Gasteiger partial charge in [-0.25, -0.2) is 4.39 Å². The van der Waals surface area contributed by atoms with E-state index in [1.807, 2.05) is 38.1 Å². The van der Waals surface area contributed by atoms with Crippen LogP contribution in [0.4, 0.5) is 10.1 Å². The van der Waals surface area contributed by atoms with Gasteiger partial charge < -0.3 is 25.2 Å². The van der Waals surface area contributed by atoms with Crippen molar-refractivity contribution in [3.05, 3.63) is 58.9 Å². The number of carboxylic acid groups (broad SMARTS) is 1. The minimum absolute atomic E-state index is 0.00443. The molecule has 2 aromatic carbocycles. The van der Waals surface area contributed by atoms with Crippen LogP contribution in [0.2, 0.25) is 5.02 Å². The number of hydrogen-bond donors (Lipinski definition) is 3. The van der Waals surface area contributed by atoms with Gasteiger partial charge in [0, 0.05) is 12.5 Å². The van der Waals surface area contributed by atoms with Gasteiger partial charge in [-0.05, 0) is 69.4 Å². The van der Waals surface area contributed by atoms with Gasteiger partial charge in [0.2, 0.25) is 5.91 Å². The lowest BCUT2D eigenvalue weighted by atomic mass is 9.98. The largest absolute Gasteiger partial charge is 0.489 e. The number of ether oxygens (including phenoxy) is 1. The summed E-state index contributed by atoms with van der Waals surface area (Å²) in [6, 6.07) is 11.3. The predicted molar refractivity (Wildman–Crippen MR) is 132 cm³/mol. The number of aliphatic hydroxyl groups is 1. The second-order valence-electron chi connectivity index (χ2n) is 9.17. The maximum atomic E-state index is 13.5. The number of aliphatic hydroxyl groups excluding tert-OH is 1. The fourth-order valence-electron chi connectivity index (χ4n) is 4.34. The van der Waals surface area contributed by atoms with Crippen molar-refractivity contribution >= 4 is 29.2 Å². The molecule has 0 unspecified atom stereocenters. The SMILES string of the molecule is CC(C)Oc1ccccc1N[C@H]1CC[C@@H](C(=O)N(CC(=O)O)Cc2ccc(F)c(Cl)c2)CC[C@@H]1O. The Morgan fingerprint density at radius 1 is 1.17 bits per heavy atom. The summed E-state index contributed by atoms with van der Waals surface area (Å²) in [5.41, 5.74) is 1.32. The van der Waals surface area contributed by atoms with Gasteiger partial charge in [-0.15, -0.1) is 0 Å². The second kappa shape index (κ2) is 12.2. The average Bonchev–Trinajstić information content (AvgIpc) is 2.97. The van der Waals surface area contributed by atoms with Crippen molar-refractivity contribution < 1.29 is 28.9 Å². The van der Waals surface area contributed by atoms with Gasteiger partial charge in [-0.1, -0.05) is 29.8 Å². The molecular weight excluding hydrogens is 475 g/mol. The molecule has 0 aromatic heterocycles. The van der Waals surface area contributed by atoms with E-state index in [4.69, 9.17) is 16.3 Å². The van der Waals surface area contributed by atoms with E-state index in [0.717, 1.165) is 5.69 Å². The Labute approximate surface area is 209 Å². The number of anilines is 1. The summed E-state index contributed by atoms with van der Waals surface area (Å²) in [6.45, 7) is 3.41. The van der Waals surface area contributed by atoms with E-state index in [9.17, 15) is 24.2 Å². The Hall–Kier alpha value is -2.84. The second-order valence-corrected chi connectivity index (χ2v) is 9.58. The minimum Gasteiger partial charge on any atom is -0.489 e. The van der Waals surface area contributed by atoms with E-state index >= 15 is 0 Å². The number of rotatable bonds is 9. The number of amides is 1. The van der Waals surface area contributed by atoms with Crippen LogP contribution in [0, 0.1) is 11.7 Å². The first kappa shape index (κ1) is 26.8. The first-order chi connectivity index (χ1) is 16.6. The Kier molecular flexibility index (Phi) is 9.34. The summed E-state index contributed by atoms with van der Waals surface area (Å²) in [5, 5.41) is 23.4. The molecular formula is C26H32ClFN2O5. The quantitative estimate of drug-likeness (QED) is 0.426. The van der Waals surface area contributed by atoms with E-state index in [1.54, 1.807) is 0 Å². The molecule has 190 valence electrons. The van der Waals surface area contributed by atoms with Gasteiger partial charge >= 0.3 is 5.97 Å². The van der Waals surface area contributed by atoms with Crippen LogP contribution in [0.3, 0.4) is 0 Å². The molecule has 1 saturated carbocycles. The van der Waals surface area contributed by atoms with Crippen LogP contribution < -0.4 is 10.1 Å². The normalized spacial score (nSPS) is 20.2. The van der Waals surface area contributed by atoms with Crippen LogP contribution >= 0.6 is 11.6 Å². The number of para-hydroxylation sites is 2. The Balaban J connectivity index is 1.70. The summed E-state index contributed by atoms with van der Waals surface area (Å²) in [7, 11) is 0. The number of carbonyl (C=O) groups is 2. The summed E-state index contributed by atoms with van der Waals surface area (Å²) in [5.74, 6) is -1.76. The lowest BCUT2D eigenvalue weighted by molar-refractivity contribution is -0.147. The van der Waals surface area contributed by atoms with Gasteiger partial charge in [0.25, 0.3) is 0 Å². The highest BCUT2D eigenvalue weighted by atomic mass is 35.5. The molecule has 1 aliphatic rings. The fourth-order valence-corrected chi connectivity index (χ4v) is 4.54. The van der Waals surface area contributed by atoms with Crippen LogP contribution in [0.5, 0.6) is 5.75 Å². The summed E-state index contributed by atoms with van der Waals surface area (Å²) < 4.78 is 19.4. The highest BCUT2D eigenvalue weighted by molar-refractivity contribution is 6.30. The predicted octanol–water partition coefficient (Wildman–Crippen LogP) is 4.71. The lowest BCUT2D eigenvalue weighted by Crippen LogP contribution is -2.39. The molecule has 0 spiro atoms. The van der Waals surface area contributed by atoms with Crippen LogP contribution in [0.25, 0.3) is 0 Å². The van der Waals surface area contributed by atoms with Crippen LogP contribution in [-0.2, 0) is 16.1 Å². The number of carbonyl (C=O) groups excluding carboxylic acids is 1. The first-order valence-electron chi connectivity index (χ1n) is 11.8. The van der Waals surface area contributed by atoms with Gasteiger partial charge in [-0.3, -0.25) is 9.59 Å². The van der Waals surface area contributed by atoms with Crippen molar-refractivity contribution in [1.29, 1.82) is 0 Å². The maximum absolute atomic E-state index is 13.5. The number of aliphatic carboxylic acids is 1. The highest BCUT2D eigenvalue weighted by Gasteiger charge is 2.32. The number of benzene rings is 2. The molecule has 9 heteroatoms. The molecule has 2 aromatic rings. The van der Waals surface area contributed by atoms with Crippen LogP contribution in [0.1, 0.15) is 45.1 Å². The Bertz CT molecular complexity index is 1030. The lowest BCUT2D eigenvalue weighted by Gasteiger charge is -2.26. The number of nitrogens with zero attached hydrogens (tertiary/aromatic N) is 1. The third-order valence-electron chi connectivity index (χ3n) is 6.04. The smallest absolute Gasteiger partial charge is 0.323 e. The molecule has 1 aliphatic carbocycles. The van der Waals surface area contributed by atoms with Gasteiger partial charge in [0.05, 0.1) is 29.0 Å². The fraction of sp³-hybridized carbons (Fsp3) is 0.462. The van der Waals surface area contributed by atoms with Crippen molar-refractivity contribution in [2.24, 2.45) is 5.92 Å². The van der Waals surface area contributed by atoms with Gasteiger partial charge in [0.1, 0.15) is 18.1 Å². The Morgan fingerprint density at radius 2 is 1.89 bits per heavy atom. The molecule has 3 atom stereocenters. The van der Waals surface area contributed by atoms with Crippen molar-refractivity contribution in [3.8, 4) is 5.75 Å². The van der Waals surface area contributed by atoms with Crippen LogP contribution in [0.15, 0.2) is 42.5 Å². The van der Waals surface area contributed by atoms with E-state index < -0.39 is 30.4 Å². The molecule has 0 aliphatic heterocycles. The summed E-state index contributed by atoms with van der Waals surface area (Å²) >= 11 is 5.85. The van der Waals surface area contributed by atoms with Crippen molar-refractivity contribution in [2.45, 2.75) is 64.3 Å². The molecule has 3 rings (SSSR count). The molecule has 1 amide bonds.